The summed E-state index contributed by atoms with van der Waals surface area (Å²) in [5.74, 6) is 0.196. The van der Waals surface area contributed by atoms with Crippen LogP contribution in [0, 0.1) is 6.92 Å². The van der Waals surface area contributed by atoms with E-state index in [1.165, 1.54) is 10.6 Å². The molecule has 0 saturated carbocycles. The predicted molar refractivity (Wildman–Crippen MR) is 88.6 cm³/mol. The third-order valence-electron chi connectivity index (χ3n) is 3.80. The van der Waals surface area contributed by atoms with Gasteiger partial charge >= 0.3 is 6.18 Å². The van der Waals surface area contributed by atoms with Crippen molar-refractivity contribution in [2.24, 2.45) is 0 Å². The molecule has 0 aliphatic rings. The van der Waals surface area contributed by atoms with Crippen LogP contribution < -0.4 is 10.9 Å². The van der Waals surface area contributed by atoms with Crippen molar-refractivity contribution in [2.75, 3.05) is 11.9 Å². The van der Waals surface area contributed by atoms with Crippen LogP contribution in [0.5, 0.6) is 0 Å². The summed E-state index contributed by atoms with van der Waals surface area (Å²) in [7, 11) is 0. The van der Waals surface area contributed by atoms with Crippen LogP contribution in [-0.4, -0.2) is 20.9 Å². The molecule has 0 saturated heterocycles. The monoisotopic (exact) mass is 348 g/mol. The molecule has 3 aromatic heterocycles. The van der Waals surface area contributed by atoms with Crippen molar-refractivity contribution < 1.29 is 13.2 Å². The van der Waals surface area contributed by atoms with Crippen molar-refractivity contribution in [1.29, 1.82) is 0 Å². The van der Waals surface area contributed by atoms with Gasteiger partial charge in [0, 0.05) is 30.2 Å². The number of nitrogens with one attached hydrogen (secondary N) is 1. The number of halogens is 3. The Morgan fingerprint density at radius 3 is 2.68 bits per heavy atom. The minimum atomic E-state index is -4.51. The molecular formula is C17H15F3N4O. The Hall–Kier alpha value is -2.90. The van der Waals surface area contributed by atoms with Gasteiger partial charge in [-0.1, -0.05) is 6.07 Å². The smallest absolute Gasteiger partial charge is 0.356 e. The van der Waals surface area contributed by atoms with E-state index in [4.69, 9.17) is 0 Å². The molecule has 0 spiro atoms. The summed E-state index contributed by atoms with van der Waals surface area (Å²) < 4.78 is 40.9. The molecule has 1 N–H and O–H groups in total. The van der Waals surface area contributed by atoms with Crippen LogP contribution in [0.4, 0.5) is 19.1 Å². The first-order valence-corrected chi connectivity index (χ1v) is 7.62. The molecule has 8 heteroatoms. The Morgan fingerprint density at radius 1 is 1.28 bits per heavy atom. The number of fused-ring (bicyclic) bond motifs is 1. The van der Waals surface area contributed by atoms with Crippen LogP contribution in [-0.2, 0) is 6.18 Å². The fourth-order valence-corrected chi connectivity index (χ4v) is 2.65. The number of rotatable bonds is 3. The average molecular weight is 348 g/mol. The highest BCUT2D eigenvalue weighted by Crippen LogP contribution is 2.32. The second kappa shape index (κ2) is 6.19. The van der Waals surface area contributed by atoms with E-state index < -0.39 is 17.3 Å². The first-order valence-electron chi connectivity index (χ1n) is 7.62. The van der Waals surface area contributed by atoms with Gasteiger partial charge in [0.05, 0.1) is 16.6 Å². The third-order valence-corrected chi connectivity index (χ3v) is 3.80. The zero-order valence-electron chi connectivity index (χ0n) is 13.6. The molecule has 0 bridgehead atoms. The van der Waals surface area contributed by atoms with Crippen LogP contribution in [0.1, 0.15) is 18.2 Å². The lowest BCUT2D eigenvalue weighted by Gasteiger charge is -2.15. The Kier molecular flexibility index (Phi) is 4.20. The fourth-order valence-electron chi connectivity index (χ4n) is 2.65. The van der Waals surface area contributed by atoms with Crippen molar-refractivity contribution in [3.05, 3.63) is 58.3 Å². The minimum Gasteiger partial charge on any atom is -0.356 e. The van der Waals surface area contributed by atoms with Crippen LogP contribution in [0.3, 0.4) is 0 Å². The van der Waals surface area contributed by atoms with Crippen molar-refractivity contribution >= 4 is 11.5 Å². The number of aromatic nitrogens is 3. The Labute approximate surface area is 141 Å². The van der Waals surface area contributed by atoms with Crippen molar-refractivity contribution in [1.82, 2.24) is 14.4 Å². The molecule has 0 unspecified atom stereocenters. The summed E-state index contributed by atoms with van der Waals surface area (Å²) in [6.07, 6.45) is -1.70. The fraction of sp³-hybridized carbons (Fsp3) is 0.235. The summed E-state index contributed by atoms with van der Waals surface area (Å²) in [5.41, 5.74) is -0.216. The SMILES string of the molecule is CCNc1nc(=O)c(-c2cccnc2C)c2cc(C(F)(F)F)ccn12. The number of hydrogen-bond acceptors (Lipinski definition) is 4. The zero-order chi connectivity index (χ0) is 18.2. The molecule has 0 fully saturated rings. The number of anilines is 1. The van der Waals surface area contributed by atoms with E-state index >= 15 is 0 Å². The van der Waals surface area contributed by atoms with E-state index in [0.29, 0.717) is 17.8 Å². The van der Waals surface area contributed by atoms with E-state index in [1.54, 1.807) is 25.3 Å². The molecule has 0 aromatic carbocycles. The number of hydrogen-bond donors (Lipinski definition) is 1. The topological polar surface area (TPSA) is 59.3 Å². The predicted octanol–water partition coefficient (Wildman–Crippen LogP) is 3.52. The molecule has 130 valence electrons. The summed E-state index contributed by atoms with van der Waals surface area (Å²) in [5, 5.41) is 2.90. The van der Waals surface area contributed by atoms with Crippen molar-refractivity contribution in [2.45, 2.75) is 20.0 Å². The summed E-state index contributed by atoms with van der Waals surface area (Å²) in [4.78, 5) is 20.7. The molecule has 3 aromatic rings. The second-order valence-corrected chi connectivity index (χ2v) is 5.45. The Morgan fingerprint density at radius 2 is 2.04 bits per heavy atom. The normalized spacial score (nSPS) is 11.7. The molecular weight excluding hydrogens is 333 g/mol. The number of pyridine rings is 2. The van der Waals surface area contributed by atoms with E-state index in [9.17, 15) is 18.0 Å². The molecule has 0 amide bonds. The molecule has 0 radical (unpaired) electrons. The van der Waals surface area contributed by atoms with E-state index in [-0.39, 0.29) is 17.0 Å². The lowest BCUT2D eigenvalue weighted by atomic mass is 10.0. The van der Waals surface area contributed by atoms with Gasteiger partial charge in [-0.05, 0) is 32.0 Å². The van der Waals surface area contributed by atoms with Gasteiger partial charge in [0.15, 0.2) is 0 Å². The molecule has 0 aliphatic heterocycles. The summed E-state index contributed by atoms with van der Waals surface area (Å²) in [6, 6.07) is 5.20. The van der Waals surface area contributed by atoms with Crippen LogP contribution in [0.2, 0.25) is 0 Å². The van der Waals surface area contributed by atoms with Gasteiger partial charge in [0.2, 0.25) is 5.95 Å². The van der Waals surface area contributed by atoms with Crippen LogP contribution in [0.15, 0.2) is 41.5 Å². The van der Waals surface area contributed by atoms with Crippen molar-refractivity contribution in [3.8, 4) is 11.1 Å². The van der Waals surface area contributed by atoms with Crippen molar-refractivity contribution in [3.63, 3.8) is 0 Å². The molecule has 5 nitrogen and oxygen atoms in total. The largest absolute Gasteiger partial charge is 0.416 e. The molecule has 3 rings (SSSR count). The maximum Gasteiger partial charge on any atom is 0.416 e. The molecule has 0 aliphatic carbocycles. The molecule has 0 atom stereocenters. The van der Waals surface area contributed by atoms with Gasteiger partial charge in [0.25, 0.3) is 5.56 Å². The highest BCUT2D eigenvalue weighted by atomic mass is 19.4. The number of aryl methyl sites for hydroxylation is 1. The second-order valence-electron chi connectivity index (χ2n) is 5.45. The summed E-state index contributed by atoms with van der Waals surface area (Å²) >= 11 is 0. The first-order chi connectivity index (χ1) is 11.8. The van der Waals surface area contributed by atoms with Crippen LogP contribution >= 0.6 is 0 Å². The van der Waals surface area contributed by atoms with E-state index in [2.05, 4.69) is 15.3 Å². The number of alkyl halides is 3. The maximum absolute atomic E-state index is 13.1. The lowest BCUT2D eigenvalue weighted by Crippen LogP contribution is -2.19. The molecule has 25 heavy (non-hydrogen) atoms. The van der Waals surface area contributed by atoms with Crippen LogP contribution in [0.25, 0.3) is 16.6 Å². The average Bonchev–Trinajstić information content (AvgIpc) is 2.55. The van der Waals surface area contributed by atoms with Gasteiger partial charge < -0.3 is 5.32 Å². The Balaban J connectivity index is 2.43. The first kappa shape index (κ1) is 16.9. The van der Waals surface area contributed by atoms with Gasteiger partial charge in [-0.25, -0.2) is 0 Å². The minimum absolute atomic E-state index is 0.0957. The zero-order valence-corrected chi connectivity index (χ0v) is 13.6. The third kappa shape index (κ3) is 3.07. The standard InChI is InChI=1S/C17H15F3N4O/c1-3-21-16-23-15(25)14(12-5-4-7-22-10(12)2)13-9-11(17(18,19)20)6-8-24(13)16/h4-9H,3H2,1-2H3,(H,21,23,25). The highest BCUT2D eigenvalue weighted by molar-refractivity contribution is 5.82. The van der Waals surface area contributed by atoms with E-state index in [0.717, 1.165) is 12.1 Å². The van der Waals surface area contributed by atoms with Gasteiger partial charge in [-0.15, -0.1) is 0 Å². The highest BCUT2D eigenvalue weighted by Gasteiger charge is 2.31. The van der Waals surface area contributed by atoms with Gasteiger partial charge in [-0.3, -0.25) is 14.2 Å². The maximum atomic E-state index is 13.1. The Bertz CT molecular complexity index is 995. The van der Waals surface area contributed by atoms with E-state index in [1.807, 2.05) is 6.92 Å². The summed E-state index contributed by atoms with van der Waals surface area (Å²) in [6.45, 7) is 3.97. The lowest BCUT2D eigenvalue weighted by molar-refractivity contribution is -0.137. The van der Waals surface area contributed by atoms with Gasteiger partial charge in [0.1, 0.15) is 0 Å². The van der Waals surface area contributed by atoms with Gasteiger partial charge in [-0.2, -0.15) is 18.2 Å². The quantitative estimate of drug-likeness (QED) is 0.787. The molecule has 3 heterocycles. The number of nitrogens with zero attached hydrogens (tertiary/aromatic N) is 3.